The summed E-state index contributed by atoms with van der Waals surface area (Å²) in [6.45, 7) is 3.00. The smallest absolute Gasteiger partial charge is 0.264 e. The van der Waals surface area contributed by atoms with Crippen LogP contribution >= 0.6 is 11.3 Å². The summed E-state index contributed by atoms with van der Waals surface area (Å²) < 4.78 is 28.0. The molecule has 1 amide bonds. The van der Waals surface area contributed by atoms with Crippen molar-refractivity contribution in [2.45, 2.75) is 44.0 Å². The molecule has 2 aromatic carbocycles. The fraction of sp³-hybridized carbons (Fsp3) is 0.269. The Hall–Kier alpha value is -3.30. The third-order valence-corrected chi connectivity index (χ3v) is 8.21. The van der Waals surface area contributed by atoms with E-state index >= 15 is 0 Å². The van der Waals surface area contributed by atoms with Crippen LogP contribution in [0.25, 0.3) is 0 Å². The molecule has 3 aromatic rings. The monoisotopic (exact) mass is 508 g/mol. The largest absolute Gasteiger partial charge is 0.298 e. The van der Waals surface area contributed by atoms with E-state index in [-0.39, 0.29) is 10.8 Å². The van der Waals surface area contributed by atoms with Crippen LogP contribution in [0.3, 0.4) is 0 Å². The topological polar surface area (TPSA) is 91.7 Å². The lowest BCUT2D eigenvalue weighted by Crippen LogP contribution is -2.35. The molecular weight excluding hydrogens is 480 g/mol. The van der Waals surface area contributed by atoms with E-state index in [0.29, 0.717) is 23.8 Å². The number of fused-ring (bicyclic) bond motifs is 1. The number of para-hydroxylation sites is 1. The standard InChI is InChI=1S/C26H28N4O3S2/c1-2-3-4-7-16-27-18-22-19-34-26(28-22)29-25(31)21-12-14-23(15-13-21)35(32,33)30-17-8-10-20-9-5-6-11-24(20)30/h4-7,9,11-16,19H,2-3,8,10,17-18H2,1H3,(H,28,29,31)/b7-4-,27-16-. The zero-order valence-corrected chi connectivity index (χ0v) is 21.2. The number of hydrogen-bond acceptors (Lipinski definition) is 6. The molecule has 35 heavy (non-hydrogen) atoms. The lowest BCUT2D eigenvalue weighted by atomic mass is 10.0. The molecule has 0 bridgehead atoms. The van der Waals surface area contributed by atoms with Crippen LogP contribution in [-0.4, -0.2) is 32.1 Å². The summed E-state index contributed by atoms with van der Waals surface area (Å²) in [5, 5.41) is 5.11. The summed E-state index contributed by atoms with van der Waals surface area (Å²) >= 11 is 1.33. The number of aliphatic imine (C=N–C) groups is 1. The first kappa shape index (κ1) is 24.8. The van der Waals surface area contributed by atoms with Crippen molar-refractivity contribution in [1.29, 1.82) is 0 Å². The Kier molecular flexibility index (Phi) is 8.09. The minimum atomic E-state index is -3.72. The molecule has 182 valence electrons. The van der Waals surface area contributed by atoms with E-state index in [0.717, 1.165) is 42.6 Å². The molecule has 9 heteroatoms. The van der Waals surface area contributed by atoms with Gasteiger partial charge in [0.2, 0.25) is 0 Å². The quantitative estimate of drug-likeness (QED) is 0.388. The Morgan fingerprint density at radius 3 is 2.80 bits per heavy atom. The second kappa shape index (κ2) is 11.4. The van der Waals surface area contributed by atoms with E-state index in [1.807, 2.05) is 35.7 Å². The van der Waals surface area contributed by atoms with E-state index in [2.05, 4.69) is 28.3 Å². The fourth-order valence-corrected chi connectivity index (χ4v) is 6.03. The first-order valence-electron chi connectivity index (χ1n) is 11.6. The normalized spacial score (nSPS) is 13.9. The number of aryl methyl sites for hydroxylation is 1. The van der Waals surface area contributed by atoms with Crippen molar-refractivity contribution in [2.75, 3.05) is 16.2 Å². The molecule has 1 aromatic heterocycles. The summed E-state index contributed by atoms with van der Waals surface area (Å²) in [4.78, 5) is 21.5. The van der Waals surface area contributed by atoms with E-state index < -0.39 is 10.0 Å². The van der Waals surface area contributed by atoms with Gasteiger partial charge in [0.15, 0.2) is 5.13 Å². The predicted octanol–water partition coefficient (Wildman–Crippen LogP) is 5.46. The van der Waals surface area contributed by atoms with Gasteiger partial charge in [-0.1, -0.05) is 37.6 Å². The number of aromatic nitrogens is 1. The number of thiazole rings is 1. The van der Waals surface area contributed by atoms with Gasteiger partial charge in [0.05, 0.1) is 22.8 Å². The van der Waals surface area contributed by atoms with Crippen LogP contribution in [0.1, 0.15) is 47.8 Å². The third-order valence-electron chi connectivity index (χ3n) is 5.58. The Labute approximate surface area is 210 Å². The molecule has 0 spiro atoms. The highest BCUT2D eigenvalue weighted by Gasteiger charge is 2.29. The molecule has 0 fully saturated rings. The highest BCUT2D eigenvalue weighted by atomic mass is 32.2. The van der Waals surface area contributed by atoms with Gasteiger partial charge in [-0.25, -0.2) is 13.4 Å². The highest BCUT2D eigenvalue weighted by molar-refractivity contribution is 7.92. The number of allylic oxidation sites excluding steroid dienone is 2. The molecule has 2 heterocycles. The molecule has 0 radical (unpaired) electrons. The average molecular weight is 509 g/mol. The summed E-state index contributed by atoms with van der Waals surface area (Å²) in [6, 6.07) is 13.6. The number of benzene rings is 2. The molecule has 0 atom stereocenters. The number of unbranched alkanes of at least 4 members (excludes halogenated alkanes) is 1. The first-order chi connectivity index (χ1) is 17.0. The van der Waals surface area contributed by atoms with Crippen LogP contribution in [0.15, 0.2) is 76.0 Å². The van der Waals surface area contributed by atoms with Gasteiger partial charge in [-0.15, -0.1) is 11.3 Å². The average Bonchev–Trinajstić information content (AvgIpc) is 3.32. The second-order valence-electron chi connectivity index (χ2n) is 8.14. The van der Waals surface area contributed by atoms with Crippen molar-refractivity contribution in [3.8, 4) is 0 Å². The van der Waals surface area contributed by atoms with Crippen molar-refractivity contribution in [3.05, 3.63) is 82.9 Å². The van der Waals surface area contributed by atoms with Crippen molar-refractivity contribution in [3.63, 3.8) is 0 Å². The molecule has 0 saturated heterocycles. The molecule has 0 unspecified atom stereocenters. The van der Waals surface area contributed by atoms with Gasteiger partial charge in [0.1, 0.15) is 0 Å². The first-order valence-corrected chi connectivity index (χ1v) is 13.9. The number of sulfonamides is 1. The van der Waals surface area contributed by atoms with Crippen LogP contribution in [0.5, 0.6) is 0 Å². The number of anilines is 2. The van der Waals surface area contributed by atoms with Crippen LogP contribution in [0.4, 0.5) is 10.8 Å². The zero-order valence-electron chi connectivity index (χ0n) is 19.6. The molecule has 1 aliphatic rings. The third kappa shape index (κ3) is 6.04. The maximum atomic E-state index is 13.3. The zero-order chi connectivity index (χ0) is 24.7. The fourth-order valence-electron chi connectivity index (χ4n) is 3.79. The maximum absolute atomic E-state index is 13.3. The van der Waals surface area contributed by atoms with Crippen LogP contribution < -0.4 is 9.62 Å². The van der Waals surface area contributed by atoms with Gasteiger partial charge < -0.3 is 0 Å². The Balaban J connectivity index is 1.40. The van der Waals surface area contributed by atoms with Crippen molar-refractivity contribution in [1.82, 2.24) is 4.98 Å². The van der Waals surface area contributed by atoms with E-state index in [9.17, 15) is 13.2 Å². The maximum Gasteiger partial charge on any atom is 0.264 e. The van der Waals surface area contributed by atoms with Gasteiger partial charge in [-0.05, 0) is 61.2 Å². The van der Waals surface area contributed by atoms with Crippen molar-refractivity contribution >= 4 is 44.3 Å². The Morgan fingerprint density at radius 1 is 1.20 bits per heavy atom. The van der Waals surface area contributed by atoms with E-state index in [1.165, 1.54) is 39.9 Å². The van der Waals surface area contributed by atoms with Gasteiger partial charge >= 0.3 is 0 Å². The second-order valence-corrected chi connectivity index (χ2v) is 10.9. The Morgan fingerprint density at radius 2 is 2.00 bits per heavy atom. The predicted molar refractivity (Wildman–Crippen MR) is 142 cm³/mol. The van der Waals surface area contributed by atoms with Gasteiger partial charge in [0, 0.05) is 23.7 Å². The number of rotatable bonds is 9. The van der Waals surface area contributed by atoms with Crippen molar-refractivity contribution in [2.24, 2.45) is 4.99 Å². The number of amides is 1. The highest BCUT2D eigenvalue weighted by Crippen LogP contribution is 2.31. The minimum absolute atomic E-state index is 0.160. The number of carbonyl (C=O) groups is 1. The van der Waals surface area contributed by atoms with Gasteiger partial charge in [-0.2, -0.15) is 0 Å². The summed E-state index contributed by atoms with van der Waals surface area (Å²) in [5.74, 6) is -0.343. The summed E-state index contributed by atoms with van der Waals surface area (Å²) in [6.07, 6.45) is 9.51. The van der Waals surface area contributed by atoms with Gasteiger partial charge in [-0.3, -0.25) is 19.4 Å². The number of nitrogens with zero attached hydrogens (tertiary/aromatic N) is 3. The molecule has 7 nitrogen and oxygen atoms in total. The Bertz CT molecular complexity index is 1330. The van der Waals surface area contributed by atoms with Gasteiger partial charge in [0.25, 0.3) is 15.9 Å². The number of hydrogen-bond donors (Lipinski definition) is 1. The molecular formula is C26H28N4O3S2. The summed E-state index contributed by atoms with van der Waals surface area (Å²) in [7, 11) is -3.72. The van der Waals surface area contributed by atoms with Crippen LogP contribution in [0.2, 0.25) is 0 Å². The summed E-state index contributed by atoms with van der Waals surface area (Å²) in [5.41, 5.74) is 2.88. The molecule has 1 aliphatic heterocycles. The lowest BCUT2D eigenvalue weighted by Gasteiger charge is -2.30. The van der Waals surface area contributed by atoms with Crippen molar-refractivity contribution < 1.29 is 13.2 Å². The number of nitrogens with one attached hydrogen (secondary N) is 1. The molecule has 1 N–H and O–H groups in total. The van der Waals surface area contributed by atoms with E-state index in [1.54, 1.807) is 6.21 Å². The van der Waals surface area contributed by atoms with Crippen LogP contribution in [-0.2, 0) is 23.0 Å². The molecule has 0 saturated carbocycles. The molecule has 0 aliphatic carbocycles. The molecule has 4 rings (SSSR count). The lowest BCUT2D eigenvalue weighted by molar-refractivity contribution is 0.102. The van der Waals surface area contributed by atoms with E-state index in [4.69, 9.17) is 0 Å². The SMILES string of the molecule is CCC/C=C\C=N/Cc1csc(NC(=O)c2ccc(S(=O)(=O)N3CCCc4ccccc43)cc2)n1. The number of carbonyl (C=O) groups excluding carboxylic acids is 1. The minimum Gasteiger partial charge on any atom is -0.298 e. The van der Waals surface area contributed by atoms with Crippen LogP contribution in [0, 0.1) is 0 Å².